The van der Waals surface area contributed by atoms with Gasteiger partial charge in [-0.1, -0.05) is 42.5 Å². The summed E-state index contributed by atoms with van der Waals surface area (Å²) in [7, 11) is 0. The van der Waals surface area contributed by atoms with Crippen LogP contribution in [0.1, 0.15) is 27.4 Å². The molecule has 0 aromatic heterocycles. The topological polar surface area (TPSA) is 46.2 Å². The predicted octanol–water partition coefficient (Wildman–Crippen LogP) is 2.63. The highest BCUT2D eigenvalue weighted by Crippen LogP contribution is 2.31. The molecule has 0 radical (unpaired) electrons. The van der Waals surface area contributed by atoms with E-state index in [2.05, 4.69) is 5.32 Å². The van der Waals surface area contributed by atoms with Crippen molar-refractivity contribution in [3.63, 3.8) is 0 Å². The maximum Gasteiger partial charge on any atom is 0.193 e. The second-order valence-corrected chi connectivity index (χ2v) is 4.62. The molecule has 0 saturated carbocycles. The van der Waals surface area contributed by atoms with Gasteiger partial charge in [-0.05, 0) is 11.6 Å². The average molecular weight is 251 g/mol. The Balaban J connectivity index is 1.96. The highest BCUT2D eigenvalue weighted by molar-refractivity contribution is 6.09. The smallest absolute Gasteiger partial charge is 0.193 e. The zero-order chi connectivity index (χ0) is 13.2. The van der Waals surface area contributed by atoms with E-state index in [1.165, 1.54) is 0 Å². The van der Waals surface area contributed by atoms with Gasteiger partial charge in [-0.3, -0.25) is 4.79 Å². The Morgan fingerprint density at radius 1 is 1.11 bits per heavy atom. The summed E-state index contributed by atoms with van der Waals surface area (Å²) >= 11 is 0. The Morgan fingerprint density at radius 3 is 2.63 bits per heavy atom. The van der Waals surface area contributed by atoms with Crippen molar-refractivity contribution < 1.29 is 9.59 Å². The molecule has 1 aliphatic heterocycles. The van der Waals surface area contributed by atoms with E-state index in [9.17, 15) is 9.59 Å². The Kier molecular flexibility index (Phi) is 2.88. The quantitative estimate of drug-likeness (QED) is 0.673. The Morgan fingerprint density at radius 2 is 1.89 bits per heavy atom. The fraction of sp³-hybridized carbons (Fsp3) is 0.125. The van der Waals surface area contributed by atoms with E-state index < -0.39 is 0 Å². The number of nitrogens with one attached hydrogen (secondary N) is 1. The zero-order valence-electron chi connectivity index (χ0n) is 10.3. The molecule has 1 aliphatic rings. The molecule has 19 heavy (non-hydrogen) atoms. The first-order valence-corrected chi connectivity index (χ1v) is 6.22. The SMILES string of the molecule is O=CC1CNc2cc(C(=O)c3ccccc3)ccc21. The lowest BCUT2D eigenvalue weighted by molar-refractivity contribution is -0.108. The van der Waals surface area contributed by atoms with Crippen LogP contribution in [0, 0.1) is 0 Å². The standard InChI is InChI=1S/C16H13NO2/c18-10-13-9-17-15-8-12(6-7-14(13)15)16(19)11-4-2-1-3-5-11/h1-8,10,13,17H,9H2. The van der Waals surface area contributed by atoms with Gasteiger partial charge in [-0.15, -0.1) is 0 Å². The van der Waals surface area contributed by atoms with E-state index in [4.69, 9.17) is 0 Å². The van der Waals surface area contributed by atoms with Gasteiger partial charge in [0, 0.05) is 23.4 Å². The highest BCUT2D eigenvalue weighted by Gasteiger charge is 2.22. The van der Waals surface area contributed by atoms with Gasteiger partial charge in [0.25, 0.3) is 0 Å². The Labute approximate surface area is 111 Å². The third-order valence-electron chi connectivity index (χ3n) is 3.43. The number of hydrogen-bond acceptors (Lipinski definition) is 3. The first-order valence-electron chi connectivity index (χ1n) is 6.22. The van der Waals surface area contributed by atoms with Crippen LogP contribution >= 0.6 is 0 Å². The molecule has 0 spiro atoms. The average Bonchev–Trinajstić information content (AvgIpc) is 2.89. The van der Waals surface area contributed by atoms with Crippen molar-refractivity contribution in [2.24, 2.45) is 0 Å². The molecule has 1 N–H and O–H groups in total. The summed E-state index contributed by atoms with van der Waals surface area (Å²) in [5.74, 6) is -0.101. The minimum absolute atomic E-state index is 0.000229. The van der Waals surface area contributed by atoms with Crippen LogP contribution in [-0.4, -0.2) is 18.6 Å². The van der Waals surface area contributed by atoms with Crippen LogP contribution in [0.25, 0.3) is 0 Å². The van der Waals surface area contributed by atoms with E-state index in [-0.39, 0.29) is 11.7 Å². The molecule has 1 unspecified atom stereocenters. The molecule has 3 heteroatoms. The lowest BCUT2D eigenvalue weighted by Gasteiger charge is -2.05. The van der Waals surface area contributed by atoms with Crippen molar-refractivity contribution in [2.75, 3.05) is 11.9 Å². The van der Waals surface area contributed by atoms with Crippen LogP contribution in [-0.2, 0) is 4.79 Å². The maximum absolute atomic E-state index is 12.3. The third kappa shape index (κ3) is 2.03. The van der Waals surface area contributed by atoms with Crippen molar-refractivity contribution in [3.05, 3.63) is 65.2 Å². The lowest BCUT2D eigenvalue weighted by Crippen LogP contribution is -2.02. The minimum Gasteiger partial charge on any atom is -0.384 e. The van der Waals surface area contributed by atoms with Gasteiger partial charge in [0.2, 0.25) is 0 Å². The molecule has 3 rings (SSSR count). The number of anilines is 1. The molecule has 0 aliphatic carbocycles. The van der Waals surface area contributed by atoms with Gasteiger partial charge < -0.3 is 10.1 Å². The normalized spacial score (nSPS) is 16.5. The molecule has 2 aromatic rings. The van der Waals surface area contributed by atoms with E-state index >= 15 is 0 Å². The van der Waals surface area contributed by atoms with E-state index in [0.717, 1.165) is 17.5 Å². The molecule has 0 bridgehead atoms. The van der Waals surface area contributed by atoms with Crippen molar-refractivity contribution >= 4 is 17.8 Å². The van der Waals surface area contributed by atoms with Crippen LogP contribution in [0.15, 0.2) is 48.5 Å². The number of aldehydes is 1. The molecule has 0 saturated heterocycles. The molecular formula is C16H13NO2. The van der Waals surface area contributed by atoms with Gasteiger partial charge >= 0.3 is 0 Å². The molecule has 1 atom stereocenters. The summed E-state index contributed by atoms with van der Waals surface area (Å²) in [5, 5.41) is 3.16. The number of fused-ring (bicyclic) bond motifs is 1. The summed E-state index contributed by atoms with van der Waals surface area (Å²) in [4.78, 5) is 23.2. The monoisotopic (exact) mass is 251 g/mol. The third-order valence-corrected chi connectivity index (χ3v) is 3.43. The second kappa shape index (κ2) is 4.69. The van der Waals surface area contributed by atoms with Crippen molar-refractivity contribution in [3.8, 4) is 0 Å². The zero-order valence-corrected chi connectivity index (χ0v) is 10.3. The second-order valence-electron chi connectivity index (χ2n) is 4.62. The van der Waals surface area contributed by atoms with Crippen LogP contribution in [0.5, 0.6) is 0 Å². The van der Waals surface area contributed by atoms with Crippen LogP contribution in [0.2, 0.25) is 0 Å². The number of benzene rings is 2. The minimum atomic E-state index is -0.101. The molecule has 0 fully saturated rings. The van der Waals surface area contributed by atoms with Gasteiger partial charge in [0.05, 0.1) is 5.92 Å². The van der Waals surface area contributed by atoms with Gasteiger partial charge in [-0.2, -0.15) is 0 Å². The number of ketones is 1. The maximum atomic E-state index is 12.3. The summed E-state index contributed by atoms with van der Waals surface area (Å²) in [6.45, 7) is 0.613. The molecule has 3 nitrogen and oxygen atoms in total. The van der Waals surface area contributed by atoms with Crippen LogP contribution in [0.4, 0.5) is 5.69 Å². The van der Waals surface area contributed by atoms with Crippen molar-refractivity contribution in [1.82, 2.24) is 0 Å². The summed E-state index contributed by atoms with van der Waals surface area (Å²) in [6.07, 6.45) is 0.942. The lowest BCUT2D eigenvalue weighted by atomic mass is 9.98. The fourth-order valence-corrected chi connectivity index (χ4v) is 2.38. The summed E-state index contributed by atoms with van der Waals surface area (Å²) in [5.41, 5.74) is 3.18. The van der Waals surface area contributed by atoms with Gasteiger partial charge in [0.1, 0.15) is 6.29 Å². The Bertz CT molecular complexity index is 634. The summed E-state index contributed by atoms with van der Waals surface area (Å²) in [6, 6.07) is 14.7. The molecule has 1 heterocycles. The number of carbonyl (C=O) groups is 2. The fourth-order valence-electron chi connectivity index (χ4n) is 2.38. The first-order chi connectivity index (χ1) is 9.29. The number of rotatable bonds is 3. The van der Waals surface area contributed by atoms with Gasteiger partial charge in [-0.25, -0.2) is 0 Å². The highest BCUT2D eigenvalue weighted by atomic mass is 16.1. The summed E-state index contributed by atoms with van der Waals surface area (Å²) < 4.78 is 0. The van der Waals surface area contributed by atoms with E-state index in [1.807, 2.05) is 30.3 Å². The van der Waals surface area contributed by atoms with Crippen LogP contribution < -0.4 is 5.32 Å². The number of hydrogen-bond donors (Lipinski definition) is 1. The molecular weight excluding hydrogens is 238 g/mol. The Hall–Kier alpha value is -2.42. The first kappa shape index (κ1) is 11.7. The molecule has 94 valence electrons. The predicted molar refractivity (Wildman–Crippen MR) is 73.6 cm³/mol. The molecule has 0 amide bonds. The van der Waals surface area contributed by atoms with E-state index in [1.54, 1.807) is 18.2 Å². The largest absolute Gasteiger partial charge is 0.384 e. The molecule has 2 aromatic carbocycles. The van der Waals surface area contributed by atoms with Gasteiger partial charge in [0.15, 0.2) is 5.78 Å². The van der Waals surface area contributed by atoms with E-state index in [0.29, 0.717) is 17.7 Å². The van der Waals surface area contributed by atoms with Crippen LogP contribution in [0.3, 0.4) is 0 Å². The number of carbonyl (C=O) groups excluding carboxylic acids is 2. The van der Waals surface area contributed by atoms with Crippen molar-refractivity contribution in [2.45, 2.75) is 5.92 Å². The van der Waals surface area contributed by atoms with Crippen molar-refractivity contribution in [1.29, 1.82) is 0 Å².